The number of hydrogen-bond acceptors (Lipinski definition) is 5. The highest BCUT2D eigenvalue weighted by molar-refractivity contribution is 5.78. The molecule has 0 spiro atoms. The van der Waals surface area contributed by atoms with Gasteiger partial charge < -0.3 is 9.25 Å². The molecule has 2 aromatic carbocycles. The molecule has 1 aromatic heterocycles. The number of oxime groups is 1. The maximum atomic E-state index is 12.9. The van der Waals surface area contributed by atoms with Crippen LogP contribution in [0.5, 0.6) is 0 Å². The van der Waals surface area contributed by atoms with Crippen molar-refractivity contribution in [3.05, 3.63) is 86.2 Å². The second-order valence-corrected chi connectivity index (χ2v) is 7.07. The van der Waals surface area contributed by atoms with Crippen LogP contribution in [0.15, 0.2) is 52.0 Å². The Morgan fingerprint density at radius 1 is 1.10 bits per heavy atom. The molecule has 9 heteroatoms. The van der Waals surface area contributed by atoms with Crippen molar-refractivity contribution in [2.45, 2.75) is 33.6 Å². The Morgan fingerprint density at radius 3 is 2.39 bits per heavy atom. The summed E-state index contributed by atoms with van der Waals surface area (Å²) in [5.41, 5.74) is 2.47. The third-order valence-electron chi connectivity index (χ3n) is 4.72. The van der Waals surface area contributed by atoms with Crippen LogP contribution in [0.25, 0.3) is 11.3 Å². The number of rotatable bonds is 6. The Hall–Kier alpha value is -3.62. The van der Waals surface area contributed by atoms with Crippen LogP contribution in [-0.4, -0.2) is 11.1 Å². The minimum absolute atomic E-state index is 0.0482. The van der Waals surface area contributed by atoms with E-state index in [0.717, 1.165) is 34.4 Å². The molecule has 0 saturated heterocycles. The lowest BCUT2D eigenvalue weighted by Crippen LogP contribution is -2.06. The fourth-order valence-corrected chi connectivity index (χ4v) is 3.26. The first-order valence-electron chi connectivity index (χ1n) is 9.24. The SMILES string of the molecule is Cc1cc(C)c(CON=Cc2ccc(-c3ccc(C(F)(F)F)cc3[N+](=O)[O-])o2)c(C)c1. The van der Waals surface area contributed by atoms with E-state index in [1.165, 1.54) is 18.3 Å². The lowest BCUT2D eigenvalue weighted by molar-refractivity contribution is -0.384. The number of hydrogen-bond donors (Lipinski definition) is 0. The minimum atomic E-state index is -4.68. The van der Waals surface area contributed by atoms with Crippen molar-refractivity contribution in [1.29, 1.82) is 0 Å². The van der Waals surface area contributed by atoms with Crippen LogP contribution in [0.2, 0.25) is 0 Å². The van der Waals surface area contributed by atoms with Gasteiger partial charge in [0.1, 0.15) is 24.3 Å². The van der Waals surface area contributed by atoms with E-state index >= 15 is 0 Å². The smallest absolute Gasteiger partial charge is 0.416 e. The first-order valence-corrected chi connectivity index (χ1v) is 9.24. The first-order chi connectivity index (χ1) is 14.6. The summed E-state index contributed by atoms with van der Waals surface area (Å²) in [5, 5.41) is 15.1. The maximum Gasteiger partial charge on any atom is 0.416 e. The molecule has 0 saturated carbocycles. The van der Waals surface area contributed by atoms with E-state index in [4.69, 9.17) is 9.25 Å². The van der Waals surface area contributed by atoms with Crippen LogP contribution in [0, 0.1) is 30.9 Å². The Bertz CT molecular complexity index is 1130. The molecule has 31 heavy (non-hydrogen) atoms. The molecule has 0 radical (unpaired) electrons. The molecule has 0 N–H and O–H groups in total. The van der Waals surface area contributed by atoms with Crippen LogP contribution < -0.4 is 0 Å². The van der Waals surface area contributed by atoms with E-state index in [2.05, 4.69) is 5.16 Å². The zero-order valence-electron chi connectivity index (χ0n) is 17.0. The highest BCUT2D eigenvalue weighted by Crippen LogP contribution is 2.37. The molecule has 0 atom stereocenters. The Labute approximate surface area is 176 Å². The van der Waals surface area contributed by atoms with Crippen molar-refractivity contribution < 1.29 is 27.3 Å². The van der Waals surface area contributed by atoms with Gasteiger partial charge in [-0.25, -0.2) is 0 Å². The van der Waals surface area contributed by atoms with Crippen molar-refractivity contribution in [1.82, 2.24) is 0 Å². The number of nitrogens with zero attached hydrogens (tertiary/aromatic N) is 2. The summed E-state index contributed by atoms with van der Waals surface area (Å²) < 4.78 is 44.1. The summed E-state index contributed by atoms with van der Waals surface area (Å²) in [6.45, 7) is 6.24. The van der Waals surface area contributed by atoms with Gasteiger partial charge in [0.2, 0.25) is 0 Å². The summed E-state index contributed by atoms with van der Waals surface area (Å²) in [7, 11) is 0. The molecule has 0 amide bonds. The molecule has 3 aromatic rings. The fourth-order valence-electron chi connectivity index (χ4n) is 3.26. The molecule has 0 aliphatic rings. The zero-order chi connectivity index (χ0) is 22.8. The number of alkyl halides is 3. The largest absolute Gasteiger partial charge is 0.455 e. The lowest BCUT2D eigenvalue weighted by atomic mass is 10.0. The number of nitro benzene ring substituents is 1. The average molecular weight is 432 g/mol. The quantitative estimate of drug-likeness (QED) is 0.258. The van der Waals surface area contributed by atoms with Gasteiger partial charge in [-0.15, -0.1) is 0 Å². The van der Waals surface area contributed by atoms with Gasteiger partial charge in [-0.05, 0) is 61.7 Å². The number of benzene rings is 2. The molecule has 0 bridgehead atoms. The van der Waals surface area contributed by atoms with Crippen molar-refractivity contribution >= 4 is 11.9 Å². The Morgan fingerprint density at radius 2 is 1.77 bits per heavy atom. The van der Waals surface area contributed by atoms with E-state index in [0.29, 0.717) is 6.07 Å². The van der Waals surface area contributed by atoms with Crippen molar-refractivity contribution in [3.8, 4) is 11.3 Å². The summed E-state index contributed by atoms with van der Waals surface area (Å²) in [4.78, 5) is 15.7. The molecule has 0 fully saturated rings. The van der Waals surface area contributed by atoms with E-state index < -0.39 is 22.4 Å². The van der Waals surface area contributed by atoms with E-state index in [9.17, 15) is 23.3 Å². The van der Waals surface area contributed by atoms with E-state index in [-0.39, 0.29) is 23.7 Å². The first kappa shape index (κ1) is 22.1. The van der Waals surface area contributed by atoms with Gasteiger partial charge in [0.15, 0.2) is 0 Å². The van der Waals surface area contributed by atoms with Crippen LogP contribution in [0.4, 0.5) is 18.9 Å². The predicted octanol–water partition coefficient (Wildman–Crippen LogP) is 6.35. The summed E-state index contributed by atoms with van der Waals surface area (Å²) in [6.07, 6.45) is -3.39. The van der Waals surface area contributed by atoms with Gasteiger partial charge in [0.05, 0.1) is 16.1 Å². The molecule has 1 heterocycles. The van der Waals surface area contributed by atoms with E-state index in [1.807, 2.05) is 32.9 Å². The van der Waals surface area contributed by atoms with E-state index in [1.54, 1.807) is 0 Å². The summed E-state index contributed by atoms with van der Waals surface area (Å²) in [5.74, 6) is 0.286. The highest BCUT2D eigenvalue weighted by Gasteiger charge is 2.33. The topological polar surface area (TPSA) is 77.9 Å². The van der Waals surface area contributed by atoms with Gasteiger partial charge in [0, 0.05) is 6.07 Å². The van der Waals surface area contributed by atoms with Crippen molar-refractivity contribution in [2.24, 2.45) is 5.16 Å². The molecule has 162 valence electrons. The zero-order valence-corrected chi connectivity index (χ0v) is 17.0. The number of nitro groups is 1. The third-order valence-corrected chi connectivity index (χ3v) is 4.72. The molecule has 0 aliphatic carbocycles. The van der Waals surface area contributed by atoms with Gasteiger partial charge in [-0.3, -0.25) is 10.1 Å². The minimum Gasteiger partial charge on any atom is -0.455 e. The highest BCUT2D eigenvalue weighted by atomic mass is 19.4. The predicted molar refractivity (Wildman–Crippen MR) is 109 cm³/mol. The molecule has 6 nitrogen and oxygen atoms in total. The molecule has 3 rings (SSSR count). The van der Waals surface area contributed by atoms with Crippen LogP contribution >= 0.6 is 0 Å². The molecular weight excluding hydrogens is 413 g/mol. The van der Waals surface area contributed by atoms with Gasteiger partial charge in [-0.1, -0.05) is 22.9 Å². The third kappa shape index (κ3) is 5.11. The van der Waals surface area contributed by atoms with Gasteiger partial charge in [-0.2, -0.15) is 13.2 Å². The number of aryl methyl sites for hydroxylation is 3. The standard InChI is InChI=1S/C22H19F3N2O4/c1-13-8-14(2)19(15(3)9-13)12-30-26-11-17-5-7-21(31-17)18-6-4-16(22(23,24)25)10-20(18)27(28)29/h4-11H,12H2,1-3H3. The lowest BCUT2D eigenvalue weighted by Gasteiger charge is -2.09. The second-order valence-electron chi connectivity index (χ2n) is 7.07. The fraction of sp³-hybridized carbons (Fsp3) is 0.227. The van der Waals surface area contributed by atoms with Crippen molar-refractivity contribution in [2.75, 3.05) is 0 Å². The van der Waals surface area contributed by atoms with Crippen molar-refractivity contribution in [3.63, 3.8) is 0 Å². The van der Waals surface area contributed by atoms with Crippen LogP contribution in [0.1, 0.15) is 33.6 Å². The summed E-state index contributed by atoms with van der Waals surface area (Å²) in [6, 6.07) is 9.28. The van der Waals surface area contributed by atoms with Gasteiger partial charge in [0.25, 0.3) is 5.69 Å². The normalized spacial score (nSPS) is 11.8. The Balaban J connectivity index is 1.76. The van der Waals surface area contributed by atoms with Gasteiger partial charge >= 0.3 is 6.18 Å². The van der Waals surface area contributed by atoms with Crippen LogP contribution in [0.3, 0.4) is 0 Å². The monoisotopic (exact) mass is 432 g/mol. The van der Waals surface area contributed by atoms with Crippen LogP contribution in [-0.2, 0) is 17.6 Å². The number of halogens is 3. The second kappa shape index (κ2) is 8.63. The summed E-state index contributed by atoms with van der Waals surface area (Å²) >= 11 is 0. The average Bonchev–Trinajstić information content (AvgIpc) is 3.14. The Kier molecular flexibility index (Phi) is 6.14. The molecule has 0 aliphatic heterocycles. The maximum absolute atomic E-state index is 12.9. The molecule has 0 unspecified atom stereocenters. The number of furan rings is 1. The molecular formula is C22H19F3N2O4.